The topological polar surface area (TPSA) is 0 Å². The van der Waals surface area contributed by atoms with Gasteiger partial charge in [0, 0.05) is 5.03 Å². The largest absolute Gasteiger partial charge is 0.416 e. The smallest absolute Gasteiger partial charge is 0.166 e. The van der Waals surface area contributed by atoms with E-state index >= 15 is 0 Å². The minimum Gasteiger partial charge on any atom is -0.166 e. The molecule has 0 aliphatic heterocycles. The van der Waals surface area contributed by atoms with Crippen molar-refractivity contribution in [2.75, 3.05) is 0 Å². The van der Waals surface area contributed by atoms with Crippen molar-refractivity contribution in [3.63, 3.8) is 0 Å². The van der Waals surface area contributed by atoms with Gasteiger partial charge in [0.05, 0.1) is 5.57 Å². The van der Waals surface area contributed by atoms with E-state index in [0.29, 0.717) is 0 Å². The molecule has 0 heterocycles. The van der Waals surface area contributed by atoms with Gasteiger partial charge < -0.3 is 0 Å². The van der Waals surface area contributed by atoms with Crippen LogP contribution in [0.15, 0.2) is 34.9 Å². The quantitative estimate of drug-likeness (QED) is 0.600. The molecule has 0 rings (SSSR count). The second-order valence-corrected chi connectivity index (χ2v) is 2.71. The monoisotopic (exact) mass is 210 g/mol. The SMILES string of the molecule is C\C=C/C(=C\C(Cl)=C\C)C(F)(F)F. The average Bonchev–Trinajstić information content (AvgIpc) is 2.01. The van der Waals surface area contributed by atoms with Crippen molar-refractivity contribution < 1.29 is 13.2 Å². The molecule has 0 aliphatic rings. The van der Waals surface area contributed by atoms with Crippen molar-refractivity contribution in [2.45, 2.75) is 20.0 Å². The van der Waals surface area contributed by atoms with E-state index < -0.39 is 11.7 Å². The second kappa shape index (κ2) is 5.12. The van der Waals surface area contributed by atoms with Gasteiger partial charge in [0.15, 0.2) is 0 Å². The van der Waals surface area contributed by atoms with Crippen LogP contribution < -0.4 is 0 Å². The number of halogens is 4. The van der Waals surface area contributed by atoms with Crippen LogP contribution in [-0.4, -0.2) is 6.18 Å². The highest BCUT2D eigenvalue weighted by Crippen LogP contribution is 2.28. The van der Waals surface area contributed by atoms with E-state index in [0.717, 1.165) is 12.2 Å². The lowest BCUT2D eigenvalue weighted by atomic mass is 10.2. The van der Waals surface area contributed by atoms with Crippen LogP contribution in [0, 0.1) is 0 Å². The highest BCUT2D eigenvalue weighted by atomic mass is 35.5. The summed E-state index contributed by atoms with van der Waals surface area (Å²) in [6.45, 7) is 3.09. The van der Waals surface area contributed by atoms with E-state index in [4.69, 9.17) is 11.6 Å². The Morgan fingerprint density at radius 1 is 1.23 bits per heavy atom. The number of rotatable bonds is 2. The van der Waals surface area contributed by atoms with Crippen LogP contribution in [0.3, 0.4) is 0 Å². The third-order valence-electron chi connectivity index (χ3n) is 1.24. The van der Waals surface area contributed by atoms with Gasteiger partial charge in [0.1, 0.15) is 0 Å². The van der Waals surface area contributed by atoms with Gasteiger partial charge in [-0.3, -0.25) is 0 Å². The Kier molecular flexibility index (Phi) is 4.85. The van der Waals surface area contributed by atoms with Crippen LogP contribution in [0.5, 0.6) is 0 Å². The Hall–Kier alpha value is -0.700. The Bertz CT molecular complexity index is 246. The molecular formula is C9H10ClF3. The third kappa shape index (κ3) is 4.78. The fourth-order valence-electron chi connectivity index (χ4n) is 0.636. The van der Waals surface area contributed by atoms with Gasteiger partial charge in [-0.05, 0) is 19.9 Å². The van der Waals surface area contributed by atoms with Gasteiger partial charge in [0.25, 0.3) is 0 Å². The molecular weight excluding hydrogens is 201 g/mol. The molecule has 0 aromatic heterocycles. The van der Waals surface area contributed by atoms with Crippen molar-refractivity contribution in [1.82, 2.24) is 0 Å². The maximum atomic E-state index is 12.2. The fraction of sp³-hybridized carbons (Fsp3) is 0.333. The molecule has 0 fully saturated rings. The van der Waals surface area contributed by atoms with Gasteiger partial charge in [0.2, 0.25) is 0 Å². The normalized spacial score (nSPS) is 15.5. The summed E-state index contributed by atoms with van der Waals surface area (Å²) in [5.41, 5.74) is -0.752. The average molecular weight is 211 g/mol. The van der Waals surface area contributed by atoms with Crippen molar-refractivity contribution >= 4 is 11.6 Å². The van der Waals surface area contributed by atoms with E-state index in [-0.39, 0.29) is 5.03 Å². The summed E-state index contributed by atoms with van der Waals surface area (Å²) in [6, 6.07) is 0. The molecule has 0 N–H and O–H groups in total. The second-order valence-electron chi connectivity index (χ2n) is 2.27. The van der Waals surface area contributed by atoms with Crippen LogP contribution >= 0.6 is 11.6 Å². The van der Waals surface area contributed by atoms with Crippen LogP contribution in [0.4, 0.5) is 13.2 Å². The highest BCUT2D eigenvalue weighted by molar-refractivity contribution is 6.31. The van der Waals surface area contributed by atoms with E-state index in [1.165, 1.54) is 19.1 Å². The molecule has 74 valence electrons. The molecule has 4 heteroatoms. The van der Waals surface area contributed by atoms with E-state index in [1.54, 1.807) is 6.92 Å². The first-order valence-corrected chi connectivity index (χ1v) is 4.03. The minimum absolute atomic E-state index is 0.0745. The third-order valence-corrected chi connectivity index (χ3v) is 1.57. The molecule has 0 aromatic carbocycles. The summed E-state index contributed by atoms with van der Waals surface area (Å²) in [7, 11) is 0. The van der Waals surface area contributed by atoms with Gasteiger partial charge >= 0.3 is 6.18 Å². The van der Waals surface area contributed by atoms with Crippen LogP contribution in [-0.2, 0) is 0 Å². The number of allylic oxidation sites excluding steroid dienone is 6. The molecule has 0 saturated carbocycles. The van der Waals surface area contributed by atoms with Gasteiger partial charge in [-0.2, -0.15) is 13.2 Å². The van der Waals surface area contributed by atoms with Crippen molar-refractivity contribution in [3.8, 4) is 0 Å². The lowest BCUT2D eigenvalue weighted by Crippen LogP contribution is -2.09. The number of hydrogen-bond acceptors (Lipinski definition) is 0. The molecule has 0 saturated heterocycles. The predicted molar refractivity (Wildman–Crippen MR) is 48.6 cm³/mol. The van der Waals surface area contributed by atoms with Crippen LogP contribution in [0.2, 0.25) is 0 Å². The maximum Gasteiger partial charge on any atom is 0.416 e. The summed E-state index contributed by atoms with van der Waals surface area (Å²) in [4.78, 5) is 0. The molecule has 0 amide bonds. The predicted octanol–water partition coefficient (Wildman–Crippen LogP) is 4.19. The Balaban J connectivity index is 4.93. The van der Waals surface area contributed by atoms with Gasteiger partial charge in [-0.1, -0.05) is 29.8 Å². The lowest BCUT2D eigenvalue weighted by molar-refractivity contribution is -0.0882. The van der Waals surface area contributed by atoms with E-state index in [2.05, 4.69) is 0 Å². The van der Waals surface area contributed by atoms with Crippen molar-refractivity contribution in [2.24, 2.45) is 0 Å². The molecule has 0 bridgehead atoms. The van der Waals surface area contributed by atoms with E-state index in [1.807, 2.05) is 0 Å². The fourth-order valence-corrected chi connectivity index (χ4v) is 0.753. The van der Waals surface area contributed by atoms with Crippen molar-refractivity contribution in [1.29, 1.82) is 0 Å². The van der Waals surface area contributed by atoms with Crippen LogP contribution in [0.1, 0.15) is 13.8 Å². The van der Waals surface area contributed by atoms with Gasteiger partial charge in [-0.25, -0.2) is 0 Å². The Morgan fingerprint density at radius 3 is 2.08 bits per heavy atom. The summed E-state index contributed by atoms with van der Waals surface area (Å²) in [6.07, 6.45) is 0.235. The highest BCUT2D eigenvalue weighted by Gasteiger charge is 2.31. The molecule has 0 unspecified atom stereocenters. The standard InChI is InChI=1S/C9H10ClF3/c1-3-5-7(9(11,12)13)6-8(10)4-2/h3-6H,1-2H3/b5-3-,7-6+,8-4-. The number of hydrogen-bond donors (Lipinski definition) is 0. The molecule has 13 heavy (non-hydrogen) atoms. The molecule has 0 spiro atoms. The molecule has 0 atom stereocenters. The summed E-state index contributed by atoms with van der Waals surface area (Å²) < 4.78 is 36.6. The first-order valence-electron chi connectivity index (χ1n) is 3.65. The Morgan fingerprint density at radius 2 is 1.77 bits per heavy atom. The first-order chi connectivity index (χ1) is 5.91. The lowest BCUT2D eigenvalue weighted by Gasteiger charge is -2.06. The molecule has 0 aliphatic carbocycles. The summed E-state index contributed by atoms with van der Waals surface area (Å²) >= 11 is 5.45. The zero-order valence-corrected chi connectivity index (χ0v) is 8.08. The van der Waals surface area contributed by atoms with Gasteiger partial charge in [-0.15, -0.1) is 0 Å². The summed E-state index contributed by atoms with van der Waals surface area (Å²) in [5, 5.41) is 0.0745. The first kappa shape index (κ1) is 12.3. The van der Waals surface area contributed by atoms with Crippen molar-refractivity contribution in [3.05, 3.63) is 34.9 Å². The van der Waals surface area contributed by atoms with Crippen LogP contribution in [0.25, 0.3) is 0 Å². The Labute approximate surface area is 80.4 Å². The molecule has 0 radical (unpaired) electrons. The van der Waals surface area contributed by atoms with E-state index in [9.17, 15) is 13.2 Å². The molecule has 0 aromatic rings. The zero-order chi connectivity index (χ0) is 10.5. The minimum atomic E-state index is -4.35. The summed E-state index contributed by atoms with van der Waals surface area (Å²) in [5.74, 6) is 0. The number of alkyl halides is 3. The molecule has 0 nitrogen and oxygen atoms in total. The maximum absolute atomic E-state index is 12.2. The zero-order valence-electron chi connectivity index (χ0n) is 7.32.